The summed E-state index contributed by atoms with van der Waals surface area (Å²) in [6, 6.07) is 12.8. The Hall–Kier alpha value is -0.860. The van der Waals surface area contributed by atoms with Crippen LogP contribution in [0.25, 0.3) is 0 Å². The highest BCUT2D eigenvalue weighted by atomic mass is 15.0. The third-order valence-corrected chi connectivity index (χ3v) is 5.45. The lowest BCUT2D eigenvalue weighted by Gasteiger charge is -2.41. The summed E-state index contributed by atoms with van der Waals surface area (Å²) in [6.45, 7) is 3.54. The van der Waals surface area contributed by atoms with Crippen molar-refractivity contribution in [2.45, 2.75) is 70.0 Å². The maximum Gasteiger partial charge on any atom is 0.0294 e. The highest BCUT2D eigenvalue weighted by Crippen LogP contribution is 2.31. The Morgan fingerprint density at radius 3 is 2.52 bits per heavy atom. The summed E-state index contributed by atoms with van der Waals surface area (Å²) in [5.74, 6) is 0.824. The fourth-order valence-electron chi connectivity index (χ4n) is 4.25. The van der Waals surface area contributed by atoms with Crippen LogP contribution >= 0.6 is 0 Å². The molecule has 0 bridgehead atoms. The van der Waals surface area contributed by atoms with Crippen LogP contribution in [-0.2, 0) is 0 Å². The zero-order valence-corrected chi connectivity index (χ0v) is 13.4. The molecule has 1 heterocycles. The summed E-state index contributed by atoms with van der Waals surface area (Å²) < 4.78 is 0. The van der Waals surface area contributed by atoms with Gasteiger partial charge >= 0.3 is 0 Å². The number of nitrogens with one attached hydrogen (secondary N) is 2. The predicted octanol–water partition coefficient (Wildman–Crippen LogP) is 4.04. The van der Waals surface area contributed by atoms with E-state index in [2.05, 4.69) is 47.9 Å². The summed E-state index contributed by atoms with van der Waals surface area (Å²) >= 11 is 0. The topological polar surface area (TPSA) is 24.1 Å². The Morgan fingerprint density at radius 1 is 1.00 bits per heavy atom. The van der Waals surface area contributed by atoms with E-state index in [0.717, 1.165) is 12.0 Å². The molecule has 3 rings (SSSR count). The third-order valence-electron chi connectivity index (χ3n) is 5.45. The van der Waals surface area contributed by atoms with E-state index >= 15 is 0 Å². The molecule has 2 heteroatoms. The lowest BCUT2D eigenvalue weighted by molar-refractivity contribution is 0.174. The molecular weight excluding hydrogens is 256 g/mol. The first-order chi connectivity index (χ1) is 10.3. The van der Waals surface area contributed by atoms with Gasteiger partial charge in [0.2, 0.25) is 0 Å². The minimum atomic E-state index is 0.459. The van der Waals surface area contributed by atoms with E-state index in [-0.39, 0.29) is 0 Å². The molecule has 1 aliphatic carbocycles. The lowest BCUT2D eigenvalue weighted by Crippen LogP contribution is -2.50. The van der Waals surface area contributed by atoms with Crippen LogP contribution < -0.4 is 10.6 Å². The zero-order chi connectivity index (χ0) is 14.5. The van der Waals surface area contributed by atoms with E-state index in [1.165, 1.54) is 57.1 Å². The summed E-state index contributed by atoms with van der Waals surface area (Å²) in [5.41, 5.74) is 1.42. The number of hydrogen-bond donors (Lipinski definition) is 2. The highest BCUT2D eigenvalue weighted by molar-refractivity contribution is 5.18. The van der Waals surface area contributed by atoms with Crippen LogP contribution in [0, 0.1) is 5.92 Å². The second kappa shape index (κ2) is 7.42. The van der Waals surface area contributed by atoms with Gasteiger partial charge in [-0.05, 0) is 50.6 Å². The van der Waals surface area contributed by atoms with Gasteiger partial charge in [-0.25, -0.2) is 0 Å². The van der Waals surface area contributed by atoms with Crippen molar-refractivity contribution in [2.24, 2.45) is 5.92 Å². The van der Waals surface area contributed by atoms with Gasteiger partial charge in [-0.3, -0.25) is 0 Å². The van der Waals surface area contributed by atoms with Crippen LogP contribution in [0.3, 0.4) is 0 Å². The average molecular weight is 286 g/mol. The zero-order valence-electron chi connectivity index (χ0n) is 13.4. The van der Waals surface area contributed by atoms with Crippen LogP contribution in [0.4, 0.5) is 0 Å². The van der Waals surface area contributed by atoms with Gasteiger partial charge in [0.1, 0.15) is 0 Å². The highest BCUT2D eigenvalue weighted by Gasteiger charge is 2.32. The van der Waals surface area contributed by atoms with Crippen molar-refractivity contribution >= 4 is 0 Å². The Labute approximate surface area is 129 Å². The van der Waals surface area contributed by atoms with Gasteiger partial charge in [0.15, 0.2) is 0 Å². The van der Waals surface area contributed by atoms with Crippen LogP contribution in [0.15, 0.2) is 30.3 Å². The fraction of sp³-hybridized carbons (Fsp3) is 0.684. The average Bonchev–Trinajstić information content (AvgIpc) is 2.57. The van der Waals surface area contributed by atoms with Crippen LogP contribution in [0.5, 0.6) is 0 Å². The van der Waals surface area contributed by atoms with E-state index in [9.17, 15) is 0 Å². The number of benzene rings is 1. The maximum absolute atomic E-state index is 3.94. The van der Waals surface area contributed by atoms with Crippen molar-refractivity contribution in [3.05, 3.63) is 35.9 Å². The van der Waals surface area contributed by atoms with Gasteiger partial charge in [0.25, 0.3) is 0 Å². The molecule has 0 amide bonds. The lowest BCUT2D eigenvalue weighted by atomic mass is 9.77. The molecule has 1 aliphatic heterocycles. The fourth-order valence-corrected chi connectivity index (χ4v) is 4.25. The minimum absolute atomic E-state index is 0.459. The molecule has 1 saturated carbocycles. The van der Waals surface area contributed by atoms with Gasteiger partial charge in [-0.2, -0.15) is 0 Å². The van der Waals surface area contributed by atoms with Crippen LogP contribution in [0.2, 0.25) is 0 Å². The van der Waals surface area contributed by atoms with E-state index < -0.39 is 0 Å². The van der Waals surface area contributed by atoms with Crippen LogP contribution in [0.1, 0.15) is 63.5 Å². The standard InChI is InChI=1S/C19H30N2/c1-15(16-9-3-2-4-10-16)21-19-13-6-5-11-17(19)18-12-7-8-14-20-18/h2-4,9-10,15,17-21H,5-8,11-14H2,1H3. The molecule has 2 fully saturated rings. The van der Waals surface area contributed by atoms with Crippen molar-refractivity contribution in [3.8, 4) is 0 Å². The molecule has 21 heavy (non-hydrogen) atoms. The van der Waals surface area contributed by atoms with Crippen molar-refractivity contribution in [2.75, 3.05) is 6.54 Å². The van der Waals surface area contributed by atoms with Crippen molar-refractivity contribution in [1.29, 1.82) is 0 Å². The first-order valence-electron chi connectivity index (χ1n) is 8.89. The molecule has 2 aliphatic rings. The summed E-state index contributed by atoms with van der Waals surface area (Å²) in [7, 11) is 0. The van der Waals surface area contributed by atoms with Crippen molar-refractivity contribution < 1.29 is 0 Å². The van der Waals surface area contributed by atoms with Gasteiger partial charge in [-0.1, -0.05) is 49.6 Å². The van der Waals surface area contributed by atoms with E-state index in [0.29, 0.717) is 12.1 Å². The molecule has 1 aromatic rings. The van der Waals surface area contributed by atoms with E-state index in [4.69, 9.17) is 0 Å². The molecule has 0 aromatic heterocycles. The summed E-state index contributed by atoms with van der Waals surface area (Å²) in [4.78, 5) is 0. The SMILES string of the molecule is CC(NC1CCCCC1C1CCCCN1)c1ccccc1. The molecule has 4 unspecified atom stereocenters. The molecule has 1 saturated heterocycles. The first-order valence-corrected chi connectivity index (χ1v) is 8.89. The number of hydrogen-bond acceptors (Lipinski definition) is 2. The maximum atomic E-state index is 3.94. The Bertz CT molecular complexity index is 411. The molecule has 2 N–H and O–H groups in total. The molecule has 0 spiro atoms. The van der Waals surface area contributed by atoms with Gasteiger partial charge in [0, 0.05) is 18.1 Å². The minimum Gasteiger partial charge on any atom is -0.314 e. The second-order valence-corrected chi connectivity index (χ2v) is 6.91. The summed E-state index contributed by atoms with van der Waals surface area (Å²) in [5, 5.41) is 7.73. The molecule has 4 atom stereocenters. The normalized spacial score (nSPS) is 31.8. The van der Waals surface area contributed by atoms with Gasteiger partial charge < -0.3 is 10.6 Å². The first kappa shape index (κ1) is 15.1. The molecular formula is C19H30N2. The van der Waals surface area contributed by atoms with E-state index in [1.54, 1.807) is 0 Å². The molecule has 0 radical (unpaired) electrons. The van der Waals surface area contributed by atoms with Crippen molar-refractivity contribution in [3.63, 3.8) is 0 Å². The van der Waals surface area contributed by atoms with Gasteiger partial charge in [-0.15, -0.1) is 0 Å². The second-order valence-electron chi connectivity index (χ2n) is 6.91. The van der Waals surface area contributed by atoms with Gasteiger partial charge in [0.05, 0.1) is 0 Å². The number of piperidine rings is 1. The van der Waals surface area contributed by atoms with Crippen LogP contribution in [-0.4, -0.2) is 18.6 Å². The molecule has 2 nitrogen and oxygen atoms in total. The Kier molecular flexibility index (Phi) is 5.32. The van der Waals surface area contributed by atoms with E-state index in [1.807, 2.05) is 0 Å². The monoisotopic (exact) mass is 286 g/mol. The molecule has 1 aromatic carbocycles. The Morgan fingerprint density at radius 2 is 1.76 bits per heavy atom. The third kappa shape index (κ3) is 3.87. The summed E-state index contributed by atoms with van der Waals surface area (Å²) in [6.07, 6.45) is 9.71. The number of rotatable bonds is 4. The quantitative estimate of drug-likeness (QED) is 0.873. The predicted molar refractivity (Wildman–Crippen MR) is 89.4 cm³/mol. The smallest absolute Gasteiger partial charge is 0.0294 e. The van der Waals surface area contributed by atoms with Crippen molar-refractivity contribution in [1.82, 2.24) is 10.6 Å². The largest absolute Gasteiger partial charge is 0.314 e. The Balaban J connectivity index is 1.63. The molecule has 116 valence electrons.